The Kier molecular flexibility index (Phi) is 2.49. The maximum Gasteiger partial charge on any atom is 0.154 e. The molecule has 0 amide bonds. The minimum absolute atomic E-state index is 0. The molecule has 0 fully saturated rings. The Labute approximate surface area is 84.9 Å². The summed E-state index contributed by atoms with van der Waals surface area (Å²) in [5, 5.41) is 19.1. The second kappa shape index (κ2) is 3.21. The second-order valence-electron chi connectivity index (χ2n) is 1.97. The summed E-state index contributed by atoms with van der Waals surface area (Å²) in [7, 11) is 0. The second-order valence-corrected chi connectivity index (χ2v) is 1.97. The van der Waals surface area contributed by atoms with Crippen LogP contribution in [-0.2, 0) is 0 Å². The van der Waals surface area contributed by atoms with Gasteiger partial charge in [-0.2, -0.15) is 15.4 Å². The summed E-state index contributed by atoms with van der Waals surface area (Å²) < 4.78 is 0. The smallest absolute Gasteiger partial charge is 0.154 e. The summed E-state index contributed by atoms with van der Waals surface area (Å²) in [5.41, 5.74) is 1.20. The van der Waals surface area contributed by atoms with E-state index in [4.69, 9.17) is 5.11 Å². The van der Waals surface area contributed by atoms with E-state index in [2.05, 4.69) is 15.4 Å². The van der Waals surface area contributed by atoms with Crippen LogP contribution in [-0.4, -0.2) is 50.1 Å². The monoisotopic (exact) mass is 158 g/mol. The van der Waals surface area contributed by atoms with Crippen molar-refractivity contribution in [1.82, 2.24) is 15.4 Å². The van der Waals surface area contributed by atoms with Gasteiger partial charge in [0.2, 0.25) is 0 Å². The van der Waals surface area contributed by atoms with Crippen molar-refractivity contribution in [2.45, 2.75) is 0 Å². The van der Waals surface area contributed by atoms with Crippen molar-refractivity contribution in [3.63, 3.8) is 0 Å². The van der Waals surface area contributed by atoms with Crippen molar-refractivity contribution in [1.29, 1.82) is 0 Å². The first-order valence-electron chi connectivity index (χ1n) is 2.86. The van der Waals surface area contributed by atoms with Gasteiger partial charge in [0.1, 0.15) is 11.3 Å². The first-order chi connectivity index (χ1) is 4.88. The number of aromatic amines is 1. The number of nitrogens with zero attached hydrogens (tertiary/aromatic N) is 2. The Morgan fingerprint density at radius 3 is 2.82 bits per heavy atom. The number of hydrogen-bond acceptors (Lipinski definition) is 3. The van der Waals surface area contributed by atoms with Gasteiger partial charge < -0.3 is 5.11 Å². The third-order valence-electron chi connectivity index (χ3n) is 1.33. The van der Waals surface area contributed by atoms with Gasteiger partial charge in [0.15, 0.2) is 5.52 Å². The average Bonchev–Trinajstić information content (AvgIpc) is 2.36. The zero-order valence-electron chi connectivity index (χ0n) is 6.07. The van der Waals surface area contributed by atoms with Crippen molar-refractivity contribution in [3.8, 4) is 5.75 Å². The van der Waals surface area contributed by atoms with Crippen LogP contribution in [0.25, 0.3) is 11.0 Å². The van der Waals surface area contributed by atoms with E-state index in [1.165, 1.54) is 0 Å². The van der Waals surface area contributed by atoms with Crippen LogP contribution in [0.4, 0.5) is 0 Å². The number of hydrogen-bond donors (Lipinski definition) is 2. The van der Waals surface area contributed by atoms with Crippen LogP contribution in [0, 0.1) is 0 Å². The van der Waals surface area contributed by atoms with Gasteiger partial charge in [-0.15, -0.1) is 0 Å². The van der Waals surface area contributed by atoms with Gasteiger partial charge in [0.25, 0.3) is 0 Å². The summed E-state index contributed by atoms with van der Waals surface area (Å²) in [4.78, 5) is 0. The van der Waals surface area contributed by atoms with E-state index in [0.717, 1.165) is 0 Å². The Hall–Kier alpha value is -0.580. The molecular weight excluding hydrogens is 153 g/mol. The summed E-state index contributed by atoms with van der Waals surface area (Å²) >= 11 is 0. The fourth-order valence-electron chi connectivity index (χ4n) is 0.853. The molecule has 0 unspecified atom stereocenters. The number of fused-ring (bicyclic) bond motifs is 1. The van der Waals surface area contributed by atoms with Crippen molar-refractivity contribution in [2.75, 3.05) is 0 Å². The number of benzene rings is 1. The third-order valence-corrected chi connectivity index (χ3v) is 1.33. The molecule has 0 aliphatic heterocycles. The minimum Gasteiger partial charge on any atom is -0.506 e. The van der Waals surface area contributed by atoms with Crippen molar-refractivity contribution < 1.29 is 5.11 Å². The Morgan fingerprint density at radius 1 is 1.27 bits per heavy atom. The number of nitrogens with one attached hydrogen (secondary N) is 1. The van der Waals surface area contributed by atoms with Crippen LogP contribution in [0.2, 0.25) is 0 Å². The molecule has 1 aromatic heterocycles. The van der Waals surface area contributed by atoms with Gasteiger partial charge in [-0.1, -0.05) is 6.07 Å². The van der Waals surface area contributed by atoms with Crippen LogP contribution in [0.1, 0.15) is 0 Å². The Morgan fingerprint density at radius 2 is 2.09 bits per heavy atom. The molecular formula is C6H5N3NaO. The Balaban J connectivity index is 0.000000605. The van der Waals surface area contributed by atoms with E-state index in [-0.39, 0.29) is 35.3 Å². The number of H-pyrrole nitrogens is 1. The number of para-hydroxylation sites is 1. The SMILES string of the molecule is Oc1cccc2n[nH]nc12.[Na]. The first-order valence-corrected chi connectivity index (χ1v) is 2.86. The quantitative estimate of drug-likeness (QED) is 0.541. The molecule has 0 saturated heterocycles. The Bertz CT molecular complexity index is 359. The molecule has 0 aliphatic rings. The van der Waals surface area contributed by atoms with Gasteiger partial charge in [-0.3, -0.25) is 0 Å². The van der Waals surface area contributed by atoms with Crippen LogP contribution in [0.5, 0.6) is 5.75 Å². The van der Waals surface area contributed by atoms with E-state index in [1.54, 1.807) is 18.2 Å². The predicted molar refractivity (Wildman–Crippen MR) is 41.3 cm³/mol. The van der Waals surface area contributed by atoms with E-state index in [0.29, 0.717) is 11.0 Å². The number of rotatable bonds is 0. The van der Waals surface area contributed by atoms with Crippen molar-refractivity contribution in [3.05, 3.63) is 18.2 Å². The molecule has 0 atom stereocenters. The molecule has 11 heavy (non-hydrogen) atoms. The zero-order chi connectivity index (χ0) is 6.97. The van der Waals surface area contributed by atoms with Gasteiger partial charge in [-0.25, -0.2) is 0 Å². The van der Waals surface area contributed by atoms with Crippen LogP contribution >= 0.6 is 0 Å². The van der Waals surface area contributed by atoms with Crippen molar-refractivity contribution >= 4 is 40.6 Å². The standard InChI is InChI=1S/C6H5N3O.Na/c10-5-3-1-2-4-6(5)8-9-7-4;/h1-3,10H,(H,7,8,9);. The molecule has 0 spiro atoms. The molecule has 1 aromatic carbocycles. The predicted octanol–water partition coefficient (Wildman–Crippen LogP) is 0.283. The molecule has 51 valence electrons. The van der Waals surface area contributed by atoms with Gasteiger partial charge in [0.05, 0.1) is 0 Å². The zero-order valence-corrected chi connectivity index (χ0v) is 8.07. The number of phenolic OH excluding ortho intramolecular Hbond substituents is 1. The van der Waals surface area contributed by atoms with E-state index in [9.17, 15) is 0 Å². The minimum atomic E-state index is 0. The molecule has 0 bridgehead atoms. The molecule has 1 heterocycles. The van der Waals surface area contributed by atoms with Gasteiger partial charge in [0, 0.05) is 29.6 Å². The van der Waals surface area contributed by atoms with E-state index < -0.39 is 0 Å². The number of phenols is 1. The fourth-order valence-corrected chi connectivity index (χ4v) is 0.853. The number of aromatic hydroxyl groups is 1. The van der Waals surface area contributed by atoms with Crippen molar-refractivity contribution in [2.24, 2.45) is 0 Å². The molecule has 1 radical (unpaired) electrons. The molecule has 2 rings (SSSR count). The summed E-state index contributed by atoms with van der Waals surface area (Å²) in [6.07, 6.45) is 0. The topological polar surface area (TPSA) is 61.8 Å². The molecule has 0 saturated carbocycles. The van der Waals surface area contributed by atoms with Crippen LogP contribution in [0.15, 0.2) is 18.2 Å². The summed E-state index contributed by atoms with van der Waals surface area (Å²) in [5.74, 6) is 0.159. The van der Waals surface area contributed by atoms with Crippen LogP contribution < -0.4 is 0 Å². The largest absolute Gasteiger partial charge is 0.506 e. The summed E-state index contributed by atoms with van der Waals surface area (Å²) in [6.45, 7) is 0. The molecule has 0 aliphatic carbocycles. The maximum absolute atomic E-state index is 9.14. The van der Waals surface area contributed by atoms with Crippen LogP contribution in [0.3, 0.4) is 0 Å². The normalized spacial score (nSPS) is 9.45. The summed E-state index contributed by atoms with van der Waals surface area (Å²) in [6, 6.07) is 5.07. The molecule has 5 heteroatoms. The van der Waals surface area contributed by atoms with Gasteiger partial charge in [-0.05, 0) is 12.1 Å². The van der Waals surface area contributed by atoms with Gasteiger partial charge >= 0.3 is 0 Å². The maximum atomic E-state index is 9.14. The first kappa shape index (κ1) is 8.52. The molecule has 2 aromatic rings. The molecule has 2 N–H and O–H groups in total. The van der Waals surface area contributed by atoms with E-state index >= 15 is 0 Å². The average molecular weight is 158 g/mol. The fraction of sp³-hybridized carbons (Fsp3) is 0. The van der Waals surface area contributed by atoms with E-state index in [1.807, 2.05) is 0 Å². The third kappa shape index (κ3) is 1.38. The molecule has 4 nitrogen and oxygen atoms in total. The number of aromatic nitrogens is 3.